The van der Waals surface area contributed by atoms with Crippen LogP contribution >= 0.6 is 0 Å². The van der Waals surface area contributed by atoms with Crippen molar-refractivity contribution in [3.05, 3.63) is 0 Å². The van der Waals surface area contributed by atoms with Crippen LogP contribution in [0.15, 0.2) is 0 Å². The maximum absolute atomic E-state index is 12.6. The van der Waals surface area contributed by atoms with Crippen molar-refractivity contribution in [2.24, 2.45) is 5.92 Å². The number of hydrogen-bond donors (Lipinski definition) is 0. The summed E-state index contributed by atoms with van der Waals surface area (Å²) in [5, 5.41) is 0. The number of halogens is 3. The highest BCUT2D eigenvalue weighted by atomic mass is 19.4. The van der Waals surface area contributed by atoms with Gasteiger partial charge in [-0.05, 0) is 32.4 Å². The zero-order valence-electron chi connectivity index (χ0n) is 9.35. The van der Waals surface area contributed by atoms with Crippen LogP contribution in [0.25, 0.3) is 0 Å². The predicted molar refractivity (Wildman–Crippen MR) is 53.5 cm³/mol. The van der Waals surface area contributed by atoms with Crippen LogP contribution in [0.4, 0.5) is 13.2 Å². The van der Waals surface area contributed by atoms with E-state index in [1.807, 2.05) is 7.05 Å². The standard InChI is InChI=1S/C10H19F3N2/c1-3-5-15(10(11,12)13)8-9-4-6-14(2)7-9/h9H,3-8H2,1-2H3. The molecule has 0 amide bonds. The van der Waals surface area contributed by atoms with E-state index in [-0.39, 0.29) is 19.0 Å². The lowest BCUT2D eigenvalue weighted by molar-refractivity contribution is -0.248. The molecule has 0 radical (unpaired) electrons. The fourth-order valence-corrected chi connectivity index (χ4v) is 2.08. The smallest absolute Gasteiger partial charge is 0.306 e. The molecule has 1 unspecified atom stereocenters. The Labute approximate surface area is 89.0 Å². The van der Waals surface area contributed by atoms with E-state index in [1.54, 1.807) is 6.92 Å². The molecule has 90 valence electrons. The molecule has 0 saturated carbocycles. The van der Waals surface area contributed by atoms with Gasteiger partial charge in [-0.25, -0.2) is 4.90 Å². The third-order valence-corrected chi connectivity index (χ3v) is 2.82. The number of nitrogens with zero attached hydrogens (tertiary/aromatic N) is 2. The number of rotatable bonds is 4. The zero-order valence-corrected chi connectivity index (χ0v) is 9.35. The highest BCUT2D eigenvalue weighted by Crippen LogP contribution is 2.25. The molecule has 1 saturated heterocycles. The normalized spacial score (nSPS) is 24.0. The van der Waals surface area contributed by atoms with Gasteiger partial charge < -0.3 is 4.90 Å². The van der Waals surface area contributed by atoms with Gasteiger partial charge in [0, 0.05) is 19.6 Å². The first kappa shape index (κ1) is 12.8. The zero-order chi connectivity index (χ0) is 11.5. The SMILES string of the molecule is CCCN(CC1CCN(C)C1)C(F)(F)F. The third-order valence-electron chi connectivity index (χ3n) is 2.82. The van der Waals surface area contributed by atoms with Gasteiger partial charge in [0.25, 0.3) is 0 Å². The van der Waals surface area contributed by atoms with Gasteiger partial charge in [0.15, 0.2) is 0 Å². The molecule has 0 aliphatic carbocycles. The molecule has 1 atom stereocenters. The molecular weight excluding hydrogens is 205 g/mol. The summed E-state index contributed by atoms with van der Waals surface area (Å²) in [4.78, 5) is 2.74. The summed E-state index contributed by atoms with van der Waals surface area (Å²) in [7, 11) is 1.96. The van der Waals surface area contributed by atoms with E-state index >= 15 is 0 Å². The molecule has 1 fully saturated rings. The van der Waals surface area contributed by atoms with Gasteiger partial charge in [-0.1, -0.05) is 6.92 Å². The fraction of sp³-hybridized carbons (Fsp3) is 1.00. The van der Waals surface area contributed by atoms with Crippen molar-refractivity contribution in [2.45, 2.75) is 26.1 Å². The van der Waals surface area contributed by atoms with Gasteiger partial charge >= 0.3 is 6.30 Å². The van der Waals surface area contributed by atoms with Crippen molar-refractivity contribution < 1.29 is 13.2 Å². The molecule has 0 aromatic heterocycles. The molecule has 2 nitrogen and oxygen atoms in total. The monoisotopic (exact) mass is 224 g/mol. The second-order valence-electron chi connectivity index (χ2n) is 4.33. The molecule has 1 rings (SSSR count). The first-order valence-electron chi connectivity index (χ1n) is 5.43. The maximum atomic E-state index is 12.6. The molecule has 1 aliphatic rings. The average Bonchev–Trinajstić information content (AvgIpc) is 2.49. The van der Waals surface area contributed by atoms with Gasteiger partial charge in [0.05, 0.1) is 0 Å². The van der Waals surface area contributed by atoms with Gasteiger partial charge in [-0.2, -0.15) is 13.2 Å². The largest absolute Gasteiger partial charge is 0.459 e. The van der Waals surface area contributed by atoms with Crippen LogP contribution in [0.1, 0.15) is 19.8 Å². The minimum Gasteiger partial charge on any atom is -0.306 e. The van der Waals surface area contributed by atoms with Gasteiger partial charge in [-0.3, -0.25) is 0 Å². The number of alkyl halides is 3. The molecule has 0 N–H and O–H groups in total. The van der Waals surface area contributed by atoms with Crippen molar-refractivity contribution in [2.75, 3.05) is 33.2 Å². The van der Waals surface area contributed by atoms with Crippen LogP contribution in [0, 0.1) is 5.92 Å². The van der Waals surface area contributed by atoms with E-state index < -0.39 is 6.30 Å². The summed E-state index contributed by atoms with van der Waals surface area (Å²) in [5.41, 5.74) is 0. The highest BCUT2D eigenvalue weighted by molar-refractivity contribution is 4.76. The number of hydrogen-bond acceptors (Lipinski definition) is 2. The van der Waals surface area contributed by atoms with E-state index in [0.29, 0.717) is 11.3 Å². The summed E-state index contributed by atoms with van der Waals surface area (Å²) in [6, 6.07) is 0. The van der Waals surface area contributed by atoms with E-state index in [0.717, 1.165) is 19.5 Å². The Kier molecular flexibility index (Phi) is 4.40. The molecule has 0 aromatic carbocycles. The Morgan fingerprint density at radius 3 is 2.47 bits per heavy atom. The third kappa shape index (κ3) is 3.99. The lowest BCUT2D eigenvalue weighted by Crippen LogP contribution is -2.42. The van der Waals surface area contributed by atoms with Crippen molar-refractivity contribution in [3.63, 3.8) is 0 Å². The van der Waals surface area contributed by atoms with Gasteiger partial charge in [0.2, 0.25) is 0 Å². The Bertz CT molecular complexity index is 194. The number of likely N-dealkylation sites (tertiary alicyclic amines) is 1. The van der Waals surface area contributed by atoms with Crippen LogP contribution < -0.4 is 0 Å². The summed E-state index contributed by atoms with van der Waals surface area (Å²) in [5.74, 6) is 0.170. The molecule has 5 heteroatoms. The second-order valence-corrected chi connectivity index (χ2v) is 4.33. The predicted octanol–water partition coefficient (Wildman–Crippen LogP) is 2.17. The van der Waals surface area contributed by atoms with Crippen molar-refractivity contribution in [3.8, 4) is 0 Å². The Hall–Kier alpha value is -0.290. The van der Waals surface area contributed by atoms with Gasteiger partial charge in [0.1, 0.15) is 0 Å². The maximum Gasteiger partial charge on any atom is 0.459 e. The minimum absolute atomic E-state index is 0.115. The minimum atomic E-state index is -4.17. The average molecular weight is 224 g/mol. The van der Waals surface area contributed by atoms with Crippen LogP contribution in [0.2, 0.25) is 0 Å². The summed E-state index contributed by atoms with van der Waals surface area (Å²) < 4.78 is 37.7. The van der Waals surface area contributed by atoms with E-state index in [9.17, 15) is 13.2 Å². The molecule has 0 aromatic rings. The molecule has 15 heavy (non-hydrogen) atoms. The van der Waals surface area contributed by atoms with E-state index in [2.05, 4.69) is 4.90 Å². The Morgan fingerprint density at radius 2 is 2.07 bits per heavy atom. The van der Waals surface area contributed by atoms with Crippen LogP contribution in [0.3, 0.4) is 0 Å². The quantitative estimate of drug-likeness (QED) is 0.675. The fourth-order valence-electron chi connectivity index (χ4n) is 2.08. The van der Waals surface area contributed by atoms with Crippen LogP contribution in [0.5, 0.6) is 0 Å². The first-order chi connectivity index (χ1) is 6.93. The van der Waals surface area contributed by atoms with Crippen molar-refractivity contribution >= 4 is 0 Å². The van der Waals surface area contributed by atoms with Crippen molar-refractivity contribution in [1.82, 2.24) is 9.80 Å². The lowest BCUT2D eigenvalue weighted by atomic mass is 10.1. The molecule has 0 spiro atoms. The Balaban J connectivity index is 2.44. The van der Waals surface area contributed by atoms with Crippen LogP contribution in [-0.2, 0) is 0 Å². The summed E-state index contributed by atoms with van der Waals surface area (Å²) in [6.45, 7) is 3.75. The topological polar surface area (TPSA) is 6.48 Å². The van der Waals surface area contributed by atoms with Crippen LogP contribution in [-0.4, -0.2) is 49.3 Å². The summed E-state index contributed by atoms with van der Waals surface area (Å²) >= 11 is 0. The Morgan fingerprint density at radius 1 is 1.40 bits per heavy atom. The van der Waals surface area contributed by atoms with E-state index in [4.69, 9.17) is 0 Å². The summed E-state index contributed by atoms with van der Waals surface area (Å²) in [6.07, 6.45) is -2.74. The lowest BCUT2D eigenvalue weighted by Gasteiger charge is -2.26. The van der Waals surface area contributed by atoms with Gasteiger partial charge in [-0.15, -0.1) is 0 Å². The molecule has 0 bridgehead atoms. The second kappa shape index (κ2) is 5.16. The van der Waals surface area contributed by atoms with Crippen molar-refractivity contribution in [1.29, 1.82) is 0 Å². The molecule has 1 aliphatic heterocycles. The molecule has 1 heterocycles. The highest BCUT2D eigenvalue weighted by Gasteiger charge is 2.38. The first-order valence-corrected chi connectivity index (χ1v) is 5.43. The molecular formula is C10H19F3N2. The van der Waals surface area contributed by atoms with E-state index in [1.165, 1.54) is 0 Å².